The molecule has 0 bridgehead atoms. The minimum Gasteiger partial charge on any atom is -0.385 e. The minimum absolute atomic E-state index is 0.474. The molecule has 1 aliphatic heterocycles. The van der Waals surface area contributed by atoms with Gasteiger partial charge >= 0.3 is 0 Å². The molecular formula is C6H14N2O. The summed E-state index contributed by atoms with van der Waals surface area (Å²) < 4.78 is 0. The molecule has 0 atom stereocenters. The van der Waals surface area contributed by atoms with E-state index in [0.29, 0.717) is 13.1 Å². The zero-order valence-electron chi connectivity index (χ0n) is 5.94. The number of rotatable bonds is 1. The van der Waals surface area contributed by atoms with Crippen molar-refractivity contribution in [2.75, 3.05) is 13.1 Å². The Kier molecular flexibility index (Phi) is 1.31. The summed E-state index contributed by atoms with van der Waals surface area (Å²) in [6.07, 6.45) is 0. The molecule has 0 spiro atoms. The lowest BCUT2D eigenvalue weighted by Crippen LogP contribution is -2.73. The largest absolute Gasteiger partial charge is 0.385 e. The summed E-state index contributed by atoms with van der Waals surface area (Å²) >= 11 is 0. The SMILES string of the molecule is CC(C)(N)C1(O)CNC1. The van der Waals surface area contributed by atoms with E-state index in [1.807, 2.05) is 13.8 Å². The van der Waals surface area contributed by atoms with Gasteiger partial charge in [0.2, 0.25) is 0 Å². The van der Waals surface area contributed by atoms with Crippen molar-refractivity contribution in [1.82, 2.24) is 5.32 Å². The Labute approximate surface area is 55.2 Å². The average Bonchev–Trinajstić information content (AvgIpc) is 1.57. The molecule has 0 aromatic rings. The lowest BCUT2D eigenvalue weighted by molar-refractivity contribution is -0.0634. The molecule has 0 aromatic carbocycles. The molecule has 0 aromatic heterocycles. The Bertz CT molecular complexity index is 113. The van der Waals surface area contributed by atoms with Gasteiger partial charge in [0.05, 0.1) is 0 Å². The molecule has 3 nitrogen and oxygen atoms in total. The number of nitrogens with two attached hydrogens (primary N) is 1. The fourth-order valence-corrected chi connectivity index (χ4v) is 0.817. The summed E-state index contributed by atoms with van der Waals surface area (Å²) in [7, 11) is 0. The van der Waals surface area contributed by atoms with Crippen LogP contribution in [0.15, 0.2) is 0 Å². The van der Waals surface area contributed by atoms with Crippen LogP contribution in [0.1, 0.15) is 13.8 Å². The van der Waals surface area contributed by atoms with Gasteiger partial charge in [0.25, 0.3) is 0 Å². The van der Waals surface area contributed by atoms with Crippen LogP contribution in [0.4, 0.5) is 0 Å². The smallest absolute Gasteiger partial charge is 0.107 e. The van der Waals surface area contributed by atoms with Crippen LogP contribution in [-0.2, 0) is 0 Å². The van der Waals surface area contributed by atoms with E-state index in [1.54, 1.807) is 0 Å². The summed E-state index contributed by atoms with van der Waals surface area (Å²) in [6.45, 7) is 4.93. The van der Waals surface area contributed by atoms with Crippen molar-refractivity contribution >= 4 is 0 Å². The second-order valence-corrected chi connectivity index (χ2v) is 3.36. The van der Waals surface area contributed by atoms with Crippen molar-refractivity contribution in [3.63, 3.8) is 0 Å². The molecule has 3 heteroatoms. The third-order valence-corrected chi connectivity index (χ3v) is 2.03. The number of β-amino-alcohol motifs (C(OH)–C–C–N with tert-alkyl or cyclic N) is 1. The first kappa shape index (κ1) is 6.99. The van der Waals surface area contributed by atoms with Gasteiger partial charge in [0.15, 0.2) is 0 Å². The highest BCUT2D eigenvalue weighted by Gasteiger charge is 2.45. The molecule has 1 heterocycles. The molecular weight excluding hydrogens is 116 g/mol. The predicted molar refractivity (Wildman–Crippen MR) is 36.1 cm³/mol. The van der Waals surface area contributed by atoms with Crippen molar-refractivity contribution in [3.8, 4) is 0 Å². The first-order chi connectivity index (χ1) is 3.96. The molecule has 9 heavy (non-hydrogen) atoms. The monoisotopic (exact) mass is 130 g/mol. The van der Waals surface area contributed by atoms with Gasteiger partial charge < -0.3 is 16.2 Å². The van der Waals surface area contributed by atoms with Gasteiger partial charge in [-0.25, -0.2) is 0 Å². The van der Waals surface area contributed by atoms with Gasteiger partial charge in [-0.2, -0.15) is 0 Å². The van der Waals surface area contributed by atoms with Crippen LogP contribution in [-0.4, -0.2) is 29.3 Å². The Morgan fingerprint density at radius 2 is 2.00 bits per heavy atom. The van der Waals surface area contributed by atoms with Crippen LogP contribution < -0.4 is 11.1 Å². The summed E-state index contributed by atoms with van der Waals surface area (Å²) in [5.41, 5.74) is 4.54. The molecule has 0 saturated carbocycles. The van der Waals surface area contributed by atoms with E-state index in [-0.39, 0.29) is 0 Å². The van der Waals surface area contributed by atoms with Gasteiger partial charge in [0, 0.05) is 18.6 Å². The highest BCUT2D eigenvalue weighted by Crippen LogP contribution is 2.22. The van der Waals surface area contributed by atoms with Crippen molar-refractivity contribution in [2.45, 2.75) is 25.0 Å². The zero-order chi connectivity index (χ0) is 7.12. The Hall–Kier alpha value is -0.120. The fourth-order valence-electron chi connectivity index (χ4n) is 0.817. The van der Waals surface area contributed by atoms with Gasteiger partial charge in [-0.05, 0) is 13.8 Å². The standard InChI is InChI=1S/C6H14N2O/c1-5(2,7)6(9)3-8-4-6/h8-9H,3-4,7H2,1-2H3. The van der Waals surface area contributed by atoms with Crippen molar-refractivity contribution in [2.24, 2.45) is 5.73 Å². The van der Waals surface area contributed by atoms with Crippen LogP contribution in [0.5, 0.6) is 0 Å². The van der Waals surface area contributed by atoms with Crippen molar-refractivity contribution in [3.05, 3.63) is 0 Å². The highest BCUT2D eigenvalue weighted by molar-refractivity contribution is 5.06. The molecule has 0 unspecified atom stereocenters. The van der Waals surface area contributed by atoms with Gasteiger partial charge in [-0.3, -0.25) is 0 Å². The van der Waals surface area contributed by atoms with E-state index in [1.165, 1.54) is 0 Å². The predicted octanol–water partition coefficient (Wildman–Crippen LogP) is -0.942. The van der Waals surface area contributed by atoms with Crippen LogP contribution in [0.2, 0.25) is 0 Å². The average molecular weight is 130 g/mol. The zero-order valence-corrected chi connectivity index (χ0v) is 5.94. The molecule has 0 aliphatic carbocycles. The molecule has 0 radical (unpaired) electrons. The van der Waals surface area contributed by atoms with Crippen LogP contribution in [0.25, 0.3) is 0 Å². The second kappa shape index (κ2) is 1.68. The van der Waals surface area contributed by atoms with Crippen LogP contribution >= 0.6 is 0 Å². The maximum atomic E-state index is 9.56. The normalized spacial score (nSPS) is 25.3. The Morgan fingerprint density at radius 1 is 1.56 bits per heavy atom. The van der Waals surface area contributed by atoms with Gasteiger partial charge in [-0.1, -0.05) is 0 Å². The Morgan fingerprint density at radius 3 is 2.00 bits per heavy atom. The van der Waals surface area contributed by atoms with E-state index in [4.69, 9.17) is 5.73 Å². The highest BCUT2D eigenvalue weighted by atomic mass is 16.3. The quantitative estimate of drug-likeness (QED) is 0.429. The number of hydrogen-bond donors (Lipinski definition) is 3. The summed E-state index contributed by atoms with van der Waals surface area (Å²) in [6, 6.07) is 0. The van der Waals surface area contributed by atoms with E-state index < -0.39 is 11.1 Å². The summed E-state index contributed by atoms with van der Waals surface area (Å²) in [5, 5.41) is 12.5. The first-order valence-corrected chi connectivity index (χ1v) is 3.18. The Balaban J connectivity index is 2.59. The lowest BCUT2D eigenvalue weighted by atomic mass is 9.79. The van der Waals surface area contributed by atoms with Crippen molar-refractivity contribution < 1.29 is 5.11 Å². The van der Waals surface area contributed by atoms with E-state index in [9.17, 15) is 5.11 Å². The second-order valence-electron chi connectivity index (χ2n) is 3.36. The number of hydrogen-bond acceptors (Lipinski definition) is 3. The maximum Gasteiger partial charge on any atom is 0.107 e. The van der Waals surface area contributed by atoms with E-state index >= 15 is 0 Å². The fraction of sp³-hybridized carbons (Fsp3) is 1.00. The van der Waals surface area contributed by atoms with Crippen LogP contribution in [0.3, 0.4) is 0 Å². The molecule has 1 rings (SSSR count). The van der Waals surface area contributed by atoms with Gasteiger partial charge in [0.1, 0.15) is 5.60 Å². The molecule has 1 aliphatic rings. The molecule has 1 saturated heterocycles. The maximum absolute atomic E-state index is 9.56. The third kappa shape index (κ3) is 0.956. The topological polar surface area (TPSA) is 58.3 Å². The third-order valence-electron chi connectivity index (χ3n) is 2.03. The van der Waals surface area contributed by atoms with Crippen LogP contribution in [0, 0.1) is 0 Å². The molecule has 0 amide bonds. The van der Waals surface area contributed by atoms with Crippen molar-refractivity contribution in [1.29, 1.82) is 0 Å². The summed E-state index contributed by atoms with van der Waals surface area (Å²) in [4.78, 5) is 0. The number of aliphatic hydroxyl groups is 1. The molecule has 1 fully saturated rings. The number of nitrogens with one attached hydrogen (secondary N) is 1. The minimum atomic E-state index is -0.674. The molecule has 54 valence electrons. The summed E-state index contributed by atoms with van der Waals surface area (Å²) in [5.74, 6) is 0. The molecule has 4 N–H and O–H groups in total. The van der Waals surface area contributed by atoms with Gasteiger partial charge in [-0.15, -0.1) is 0 Å². The van der Waals surface area contributed by atoms with E-state index in [0.717, 1.165) is 0 Å². The first-order valence-electron chi connectivity index (χ1n) is 3.18. The van der Waals surface area contributed by atoms with E-state index in [2.05, 4.69) is 5.32 Å². The lowest BCUT2D eigenvalue weighted by Gasteiger charge is -2.47.